The highest BCUT2D eigenvalue weighted by Crippen LogP contribution is 2.33. The van der Waals surface area contributed by atoms with E-state index < -0.39 is 0 Å². The maximum atomic E-state index is 14.6. The number of hydrogen-bond acceptors (Lipinski definition) is 3. The Morgan fingerprint density at radius 2 is 0.891 bits per heavy atom. The number of nitrogens with one attached hydrogen (secondary N) is 2. The van der Waals surface area contributed by atoms with Gasteiger partial charge >= 0.3 is 5.69 Å². The van der Waals surface area contributed by atoms with Crippen molar-refractivity contribution in [1.29, 1.82) is 10.8 Å². The molecule has 1 heterocycles. The van der Waals surface area contributed by atoms with E-state index in [9.17, 15) is 4.79 Å². The summed E-state index contributed by atoms with van der Waals surface area (Å²) in [6.07, 6.45) is 0. The fourth-order valence-corrected chi connectivity index (χ4v) is 6.15. The Morgan fingerprint density at radius 3 is 1.28 bits per heavy atom. The molecule has 0 aliphatic rings. The SMILES string of the molecule is N=C(N)c1ccc2ccc(Cn3c(-c4ccccc4)c(-c4ccccc4)n(Cc4ccc5ccc(C(=N)N)cc5c4)c3=O)cc2c1. The molecular formula is C39H32N6O. The second kappa shape index (κ2) is 11.7. The third kappa shape index (κ3) is 5.35. The zero-order valence-corrected chi connectivity index (χ0v) is 25.1. The molecule has 0 amide bonds. The zero-order chi connectivity index (χ0) is 31.8. The Kier molecular flexibility index (Phi) is 7.27. The van der Waals surface area contributed by atoms with Crippen LogP contribution in [0.3, 0.4) is 0 Å². The number of rotatable bonds is 8. The molecule has 7 nitrogen and oxygen atoms in total. The lowest BCUT2D eigenvalue weighted by molar-refractivity contribution is 0.690. The van der Waals surface area contributed by atoms with E-state index in [0.29, 0.717) is 24.2 Å². The van der Waals surface area contributed by atoms with Gasteiger partial charge in [0.25, 0.3) is 0 Å². The van der Waals surface area contributed by atoms with Gasteiger partial charge in [-0.25, -0.2) is 4.79 Å². The second-order valence-electron chi connectivity index (χ2n) is 11.5. The molecule has 7 aromatic rings. The molecule has 0 fully saturated rings. The van der Waals surface area contributed by atoms with Crippen molar-refractivity contribution >= 4 is 33.2 Å². The number of fused-ring (bicyclic) bond motifs is 2. The summed E-state index contributed by atoms with van der Waals surface area (Å²) in [6.45, 7) is 0.714. The monoisotopic (exact) mass is 600 g/mol. The molecule has 6 aromatic carbocycles. The molecule has 7 heteroatoms. The van der Waals surface area contributed by atoms with Gasteiger partial charge in [0, 0.05) is 22.3 Å². The Hall–Kier alpha value is -6.21. The summed E-state index contributed by atoms with van der Waals surface area (Å²) in [5, 5.41) is 19.8. The summed E-state index contributed by atoms with van der Waals surface area (Å²) in [5.74, 6) is 0.0383. The molecular weight excluding hydrogens is 568 g/mol. The van der Waals surface area contributed by atoms with E-state index in [0.717, 1.165) is 55.2 Å². The van der Waals surface area contributed by atoms with E-state index in [2.05, 4.69) is 12.1 Å². The smallest absolute Gasteiger partial charge is 0.329 e. The first-order valence-corrected chi connectivity index (χ1v) is 15.0. The molecule has 7 rings (SSSR count). The molecule has 1 aromatic heterocycles. The standard InChI is InChI=1S/C39H32N6O/c40-37(41)31-17-15-27-13-11-25(19-33(27)21-31)23-44-35(29-7-3-1-4-8-29)36(30-9-5-2-6-10-30)45(39(44)46)24-26-12-14-28-16-18-32(38(42)43)22-34(28)20-26/h1-22H,23-24H2,(H3,40,41)(H3,42,43). The molecule has 0 unspecified atom stereocenters. The summed E-state index contributed by atoms with van der Waals surface area (Å²) in [5.41, 5.74) is 18.3. The molecule has 224 valence electrons. The molecule has 0 bridgehead atoms. The van der Waals surface area contributed by atoms with Crippen LogP contribution in [-0.4, -0.2) is 20.8 Å². The lowest BCUT2D eigenvalue weighted by Crippen LogP contribution is -2.26. The molecule has 0 aliphatic carbocycles. The van der Waals surface area contributed by atoms with Crippen molar-refractivity contribution < 1.29 is 0 Å². The first-order valence-electron chi connectivity index (χ1n) is 15.0. The topological polar surface area (TPSA) is 127 Å². The molecule has 6 N–H and O–H groups in total. The van der Waals surface area contributed by atoms with Crippen molar-refractivity contribution in [2.45, 2.75) is 13.1 Å². The Labute approximate surface area is 266 Å². The van der Waals surface area contributed by atoms with Crippen LogP contribution in [0.2, 0.25) is 0 Å². The van der Waals surface area contributed by atoms with Crippen LogP contribution in [0.25, 0.3) is 44.1 Å². The fraction of sp³-hybridized carbons (Fsp3) is 0.0513. The van der Waals surface area contributed by atoms with Crippen LogP contribution in [-0.2, 0) is 13.1 Å². The third-order valence-electron chi connectivity index (χ3n) is 8.43. The number of hydrogen-bond donors (Lipinski definition) is 4. The van der Waals surface area contributed by atoms with E-state index in [1.807, 2.05) is 130 Å². The van der Waals surface area contributed by atoms with Crippen molar-refractivity contribution in [3.63, 3.8) is 0 Å². The molecule has 0 radical (unpaired) electrons. The molecule has 0 spiro atoms. The summed E-state index contributed by atoms with van der Waals surface area (Å²) in [7, 11) is 0. The van der Waals surface area contributed by atoms with Gasteiger partial charge in [-0.2, -0.15) is 0 Å². The van der Waals surface area contributed by atoms with Crippen molar-refractivity contribution in [2.75, 3.05) is 0 Å². The molecule has 0 saturated heterocycles. The van der Waals surface area contributed by atoms with Crippen molar-refractivity contribution in [2.24, 2.45) is 11.5 Å². The number of nitrogens with zero attached hydrogens (tertiary/aromatic N) is 2. The summed E-state index contributed by atoms with van der Waals surface area (Å²) >= 11 is 0. The lowest BCUT2D eigenvalue weighted by Gasteiger charge is -2.13. The second-order valence-corrected chi connectivity index (χ2v) is 11.5. The van der Waals surface area contributed by atoms with E-state index >= 15 is 0 Å². The highest BCUT2D eigenvalue weighted by atomic mass is 16.1. The van der Waals surface area contributed by atoms with Crippen LogP contribution in [0, 0.1) is 10.8 Å². The van der Waals surface area contributed by atoms with Gasteiger partial charge in [-0.1, -0.05) is 109 Å². The number of nitrogen functional groups attached to an aromatic ring is 2. The summed E-state index contributed by atoms with van der Waals surface area (Å²) < 4.78 is 3.73. The van der Waals surface area contributed by atoms with Gasteiger partial charge in [0.15, 0.2) is 0 Å². The van der Waals surface area contributed by atoms with Crippen molar-refractivity contribution in [3.05, 3.63) is 166 Å². The van der Waals surface area contributed by atoms with Gasteiger partial charge in [-0.3, -0.25) is 20.0 Å². The average Bonchev–Trinajstić information content (AvgIpc) is 3.34. The van der Waals surface area contributed by atoms with Crippen LogP contribution in [0.15, 0.2) is 138 Å². The molecule has 0 saturated carbocycles. The Balaban J connectivity index is 1.42. The minimum absolute atomic E-state index is 0.0191. The van der Waals surface area contributed by atoms with Crippen LogP contribution in [0.4, 0.5) is 0 Å². The number of benzene rings is 6. The summed E-state index contributed by atoms with van der Waals surface area (Å²) in [4.78, 5) is 14.6. The van der Waals surface area contributed by atoms with Crippen LogP contribution >= 0.6 is 0 Å². The average molecular weight is 601 g/mol. The van der Waals surface area contributed by atoms with E-state index in [1.165, 1.54) is 0 Å². The minimum atomic E-state index is -0.118. The normalized spacial score (nSPS) is 11.2. The van der Waals surface area contributed by atoms with E-state index in [4.69, 9.17) is 22.3 Å². The predicted octanol–water partition coefficient (Wildman–Crippen LogP) is 6.95. The van der Waals surface area contributed by atoms with Crippen LogP contribution in [0.1, 0.15) is 22.3 Å². The predicted molar refractivity (Wildman–Crippen MR) is 188 cm³/mol. The maximum Gasteiger partial charge on any atom is 0.329 e. The van der Waals surface area contributed by atoms with Gasteiger partial charge in [0.05, 0.1) is 24.5 Å². The number of amidine groups is 2. The highest BCUT2D eigenvalue weighted by molar-refractivity contribution is 6.00. The molecule has 0 atom stereocenters. The number of nitrogens with two attached hydrogens (primary N) is 2. The summed E-state index contributed by atoms with van der Waals surface area (Å²) in [6, 6.07) is 43.9. The first kappa shape index (κ1) is 28.6. The van der Waals surface area contributed by atoms with Gasteiger partial charge in [-0.05, 0) is 56.9 Å². The number of aromatic nitrogens is 2. The molecule has 46 heavy (non-hydrogen) atoms. The fourth-order valence-electron chi connectivity index (χ4n) is 6.15. The van der Waals surface area contributed by atoms with E-state index in [-0.39, 0.29) is 17.4 Å². The first-order chi connectivity index (χ1) is 22.4. The molecule has 0 aliphatic heterocycles. The Morgan fingerprint density at radius 1 is 0.500 bits per heavy atom. The van der Waals surface area contributed by atoms with Crippen molar-refractivity contribution in [3.8, 4) is 22.5 Å². The van der Waals surface area contributed by atoms with Gasteiger partial charge in [0.1, 0.15) is 11.7 Å². The van der Waals surface area contributed by atoms with Crippen LogP contribution < -0.4 is 17.2 Å². The zero-order valence-electron chi connectivity index (χ0n) is 25.1. The Bertz CT molecular complexity index is 2170. The van der Waals surface area contributed by atoms with Gasteiger partial charge < -0.3 is 11.5 Å². The van der Waals surface area contributed by atoms with Crippen molar-refractivity contribution in [1.82, 2.24) is 9.13 Å². The lowest BCUT2D eigenvalue weighted by atomic mass is 10.0. The van der Waals surface area contributed by atoms with Crippen LogP contribution in [0.5, 0.6) is 0 Å². The van der Waals surface area contributed by atoms with Gasteiger partial charge in [-0.15, -0.1) is 0 Å². The van der Waals surface area contributed by atoms with Gasteiger partial charge in [0.2, 0.25) is 0 Å². The largest absolute Gasteiger partial charge is 0.384 e. The quantitative estimate of drug-likeness (QED) is 0.111. The van der Waals surface area contributed by atoms with E-state index in [1.54, 1.807) is 0 Å². The maximum absolute atomic E-state index is 14.6. The minimum Gasteiger partial charge on any atom is -0.384 e. The highest BCUT2D eigenvalue weighted by Gasteiger charge is 2.23. The third-order valence-corrected chi connectivity index (χ3v) is 8.43. The number of imidazole rings is 1.